The highest BCUT2D eigenvalue weighted by atomic mass is 32.2. The van der Waals surface area contributed by atoms with Crippen molar-refractivity contribution in [1.29, 1.82) is 0 Å². The highest BCUT2D eigenvalue weighted by Crippen LogP contribution is 2.50. The van der Waals surface area contributed by atoms with Gasteiger partial charge in [-0.25, -0.2) is 36.0 Å². The minimum absolute atomic E-state index is 0.0240. The SMILES string of the molecule is CC(C)C1CC2CCCC(C1)N2C(=O)OC1(C)CCC1.CC(C)C1CC2COCC(C1)N2C(=O)OC1(C)CC1.CC(C)C1CC2COCC(C1)N2C(=O)OC1CCC1.CC(C)C1C[C@@H]2C=C[C@@H](C1)N2S(=O)(=O)C1CC1.CC(C)C1C[C@@H]2CC[C@@H](C1)N2S(=O)(=O)C1CC1.CC(C)OC(=O)N1C2C=CC1CC(C(C)C)C2. The molecule has 0 aromatic heterocycles. The molecule has 22 heteroatoms. The number of ether oxygens (including phenoxy) is 6. The second kappa shape index (κ2) is 35.4. The Hall–Kier alpha value is -3.70. The highest BCUT2D eigenvalue weighted by Gasteiger charge is 2.55. The fraction of sp³-hybridized carbons (Fsp3) is 0.908. The number of carbonyl (C=O) groups is 4. The van der Waals surface area contributed by atoms with Crippen LogP contribution in [-0.2, 0) is 48.5 Å². The quantitative estimate of drug-likeness (QED) is 0.117. The predicted molar refractivity (Wildman–Crippen MR) is 427 cm³/mol. The van der Waals surface area contributed by atoms with Crippen molar-refractivity contribution in [2.45, 2.75) is 403 Å². The molecule has 0 N–H and O–H groups in total. The van der Waals surface area contributed by atoms with E-state index in [9.17, 15) is 36.0 Å². The normalized spacial score (nSPS) is 35.8. The minimum Gasteiger partial charge on any atom is -0.447 e. The van der Waals surface area contributed by atoms with Gasteiger partial charge in [-0.3, -0.25) is 14.7 Å². The number of hydrogen-bond acceptors (Lipinski definition) is 14. The molecule has 0 aromatic carbocycles. The zero-order valence-corrected chi connectivity index (χ0v) is 71.7. The Balaban J connectivity index is 0.000000122. The third-order valence-electron chi connectivity index (χ3n) is 29.2. The van der Waals surface area contributed by atoms with Crippen LogP contribution in [0.1, 0.15) is 297 Å². The summed E-state index contributed by atoms with van der Waals surface area (Å²) >= 11 is 0. The molecule has 0 spiro atoms. The number of sulfonamides is 2. The molecule has 10 saturated heterocycles. The molecule has 20 nitrogen and oxygen atoms in total. The number of nitrogens with zero attached hydrogens (tertiary/aromatic N) is 6. The van der Waals surface area contributed by atoms with Gasteiger partial charge in [-0.2, -0.15) is 8.61 Å². The van der Waals surface area contributed by atoms with Gasteiger partial charge in [-0.15, -0.1) is 0 Å². The third kappa shape index (κ3) is 20.2. The zero-order valence-electron chi connectivity index (χ0n) is 70.0. The van der Waals surface area contributed by atoms with Gasteiger partial charge in [0.1, 0.15) is 17.3 Å². The Labute approximate surface area is 658 Å². The first-order valence-electron chi connectivity index (χ1n) is 44.2. The fourth-order valence-electron chi connectivity index (χ4n) is 20.9. The first-order valence-corrected chi connectivity index (χ1v) is 47.2. The molecule has 17 aliphatic rings. The van der Waals surface area contributed by atoms with Crippen LogP contribution in [0.4, 0.5) is 19.2 Å². The Morgan fingerprint density at radius 1 is 0.349 bits per heavy atom. The van der Waals surface area contributed by atoms with Crippen LogP contribution in [0.3, 0.4) is 0 Å². The number of rotatable bonds is 14. The number of hydrogen-bond donors (Lipinski definition) is 0. The summed E-state index contributed by atoms with van der Waals surface area (Å²) in [4.78, 5) is 57.3. The molecule has 0 radical (unpaired) electrons. The van der Waals surface area contributed by atoms with Gasteiger partial charge in [0, 0.05) is 36.3 Å². The Morgan fingerprint density at radius 2 is 0.670 bits per heavy atom. The number of carbonyl (C=O) groups excluding carboxylic acids is 4. The zero-order chi connectivity index (χ0) is 78.3. The number of piperidine rings is 7. The molecule has 8 unspecified atom stereocenters. The van der Waals surface area contributed by atoms with Gasteiger partial charge in [0.05, 0.1) is 79.3 Å². The van der Waals surface area contributed by atoms with Gasteiger partial charge in [0.2, 0.25) is 20.0 Å². The topological polar surface area (TPSA) is 211 Å². The largest absolute Gasteiger partial charge is 0.447 e. The van der Waals surface area contributed by atoms with Crippen LogP contribution < -0.4 is 0 Å². The standard InChI is InChI=1S/C17H29NO2.2C15H25NO3.C14H23NO2.C13H23NO2S.C13H21NO2S/c1-12(2)13-10-14-6-4-7-15(11-13)18(14)16(19)20-17(3)8-5-9-17;1-10(2)11-6-12-8-18-9-13(7-11)16(12)14(17)19-15(3)4-5-15;1-10(2)11-6-12-8-18-9-13(7-11)16(12)15(17)19-14-4-3-5-14;1-9(2)11-7-12-5-6-13(8-11)15(12)14(16)17-10(3)4;2*1-9(2)10-7-11-3-4-12(8-10)14(11)17(15,16)13-5-6-13/h12-15H,4-11H2,1-3H3;10-13H,4-9H2,1-3H3;10-14H,3-9H2,1-2H3;5-6,9-13H,7-8H2,1-4H3;9-13H,3-8H2,1-2H3;3-4,9-13H,5-8H2,1-2H3/t;;;;2*11-,12-/m....00/s1. The Kier molecular flexibility index (Phi) is 27.5. The second-order valence-electron chi connectivity index (χ2n) is 39.8. The van der Waals surface area contributed by atoms with Crippen molar-refractivity contribution in [2.24, 2.45) is 71.0 Å². The van der Waals surface area contributed by atoms with Gasteiger partial charge in [-0.05, 0) is 285 Å². The van der Waals surface area contributed by atoms with Crippen LogP contribution in [-0.4, -0.2) is 202 Å². The first-order chi connectivity index (χ1) is 51.6. The molecule has 5 saturated carbocycles. The predicted octanol–water partition coefficient (Wildman–Crippen LogP) is 17.7. The highest BCUT2D eigenvalue weighted by molar-refractivity contribution is 7.90. The summed E-state index contributed by atoms with van der Waals surface area (Å²) in [6, 6.07) is 3.22. The maximum Gasteiger partial charge on any atom is 0.411 e. The van der Waals surface area contributed by atoms with Crippen LogP contribution in [0.5, 0.6) is 0 Å². The van der Waals surface area contributed by atoms with Crippen molar-refractivity contribution in [1.82, 2.24) is 28.2 Å². The van der Waals surface area contributed by atoms with Crippen molar-refractivity contribution < 1.29 is 64.4 Å². The maximum atomic E-state index is 12.6. The van der Waals surface area contributed by atoms with Crippen molar-refractivity contribution >= 4 is 44.4 Å². The molecule has 12 heterocycles. The van der Waals surface area contributed by atoms with E-state index in [0.29, 0.717) is 97.9 Å². The Morgan fingerprint density at radius 3 is 1.01 bits per heavy atom. The molecular formula is C87H146N6O14S2. The molecule has 0 aromatic rings. The van der Waals surface area contributed by atoms with E-state index >= 15 is 0 Å². The van der Waals surface area contributed by atoms with E-state index in [1.54, 1.807) is 0 Å². The number of amides is 4. The van der Waals surface area contributed by atoms with Crippen LogP contribution in [0.2, 0.25) is 0 Å². The molecular weight excluding hydrogens is 1420 g/mol. The molecule has 109 heavy (non-hydrogen) atoms. The lowest BCUT2D eigenvalue weighted by Gasteiger charge is -2.50. The smallest absolute Gasteiger partial charge is 0.411 e. The summed E-state index contributed by atoms with van der Waals surface area (Å²) in [5, 5.41) is -0.0933. The minimum atomic E-state index is -3.00. The monoisotopic (exact) mass is 1560 g/mol. The summed E-state index contributed by atoms with van der Waals surface area (Å²) < 4.78 is 87.0. The molecule has 5 aliphatic carbocycles. The van der Waals surface area contributed by atoms with Crippen LogP contribution in [0, 0.1) is 71.0 Å². The molecule has 15 fully saturated rings. The van der Waals surface area contributed by atoms with Crippen LogP contribution in [0.25, 0.3) is 0 Å². The molecule has 12 aliphatic heterocycles. The van der Waals surface area contributed by atoms with Crippen molar-refractivity contribution in [2.75, 3.05) is 26.4 Å². The lowest BCUT2D eigenvalue weighted by Crippen LogP contribution is -2.60. The van der Waals surface area contributed by atoms with E-state index in [1.165, 1.54) is 44.9 Å². The molecule has 17 rings (SSSR count). The Bertz CT molecular complexity index is 3230. The van der Waals surface area contributed by atoms with Gasteiger partial charge in [-0.1, -0.05) is 107 Å². The third-order valence-corrected chi connectivity index (χ3v) is 34.1. The summed E-state index contributed by atoms with van der Waals surface area (Å²) in [5.74, 6) is 8.50. The van der Waals surface area contributed by atoms with E-state index in [4.69, 9.17) is 28.4 Å². The van der Waals surface area contributed by atoms with Gasteiger partial charge < -0.3 is 33.3 Å². The summed E-state index contributed by atoms with van der Waals surface area (Å²) in [5.41, 5.74) is -0.346. The molecule has 12 atom stereocenters. The van der Waals surface area contributed by atoms with Crippen LogP contribution >= 0.6 is 0 Å². The number of morpholine rings is 2. The average molecular weight is 1560 g/mol. The van der Waals surface area contributed by atoms with E-state index < -0.39 is 20.0 Å². The van der Waals surface area contributed by atoms with Crippen molar-refractivity contribution in [3.8, 4) is 0 Å². The lowest BCUT2D eigenvalue weighted by atomic mass is 9.74. The van der Waals surface area contributed by atoms with E-state index in [0.717, 1.165) is 165 Å². The van der Waals surface area contributed by atoms with E-state index in [1.807, 2.05) is 44.1 Å². The lowest BCUT2D eigenvalue weighted by molar-refractivity contribution is -0.0923. The van der Waals surface area contributed by atoms with Crippen molar-refractivity contribution in [3.05, 3.63) is 24.3 Å². The van der Waals surface area contributed by atoms with Gasteiger partial charge in [0.15, 0.2) is 0 Å². The second-order valence-corrected chi connectivity index (χ2v) is 44.1. The average Bonchev–Trinajstić information content (AvgIpc) is 1.59. The molecule has 12 bridgehead atoms. The van der Waals surface area contributed by atoms with Gasteiger partial charge >= 0.3 is 24.4 Å². The van der Waals surface area contributed by atoms with E-state index in [-0.39, 0.29) is 107 Å². The van der Waals surface area contributed by atoms with Crippen LogP contribution in [0.15, 0.2) is 24.3 Å². The molecule has 4 amide bonds. The maximum absolute atomic E-state index is 12.6. The van der Waals surface area contributed by atoms with Gasteiger partial charge in [0.25, 0.3) is 0 Å². The first kappa shape index (κ1) is 84.7. The molecule has 620 valence electrons. The van der Waals surface area contributed by atoms with E-state index in [2.05, 4.69) is 119 Å². The summed E-state index contributed by atoms with van der Waals surface area (Å²) in [6.07, 6.45) is 39.2. The number of fused-ring (bicyclic) bond motifs is 12. The summed E-state index contributed by atoms with van der Waals surface area (Å²) in [6.45, 7) is 38.0. The summed E-state index contributed by atoms with van der Waals surface area (Å²) in [7, 11) is -5.94. The van der Waals surface area contributed by atoms with Crippen molar-refractivity contribution in [3.63, 3.8) is 0 Å². The fourth-order valence-corrected chi connectivity index (χ4v) is 25.3.